The minimum absolute atomic E-state index is 0.0492. The molecular formula is C20H24ClN3O2. The van der Waals surface area contributed by atoms with Crippen LogP contribution in [0, 0.1) is 13.8 Å². The van der Waals surface area contributed by atoms with Gasteiger partial charge in [-0.15, -0.1) is 0 Å². The molecule has 3 rings (SSSR count). The summed E-state index contributed by atoms with van der Waals surface area (Å²) in [6.07, 6.45) is 0.339. The van der Waals surface area contributed by atoms with Crippen molar-refractivity contribution in [3.8, 4) is 0 Å². The van der Waals surface area contributed by atoms with Crippen LogP contribution in [0.1, 0.15) is 27.3 Å². The number of amides is 2. The lowest BCUT2D eigenvalue weighted by Crippen LogP contribution is -2.51. The first-order chi connectivity index (χ1) is 12.4. The highest BCUT2D eigenvalue weighted by molar-refractivity contribution is 6.30. The fraction of sp³-hybridized carbons (Fsp3) is 0.400. The van der Waals surface area contributed by atoms with Crippen LogP contribution in [0.5, 0.6) is 0 Å². The Kier molecular flexibility index (Phi) is 5.37. The molecule has 0 unspecified atom stereocenters. The van der Waals surface area contributed by atoms with Crippen LogP contribution < -0.4 is 0 Å². The summed E-state index contributed by atoms with van der Waals surface area (Å²) >= 11 is 5.98. The van der Waals surface area contributed by atoms with E-state index in [-0.39, 0.29) is 11.8 Å². The van der Waals surface area contributed by atoms with E-state index in [4.69, 9.17) is 11.6 Å². The lowest BCUT2D eigenvalue weighted by Gasteiger charge is -2.35. The van der Waals surface area contributed by atoms with Crippen LogP contribution in [0.15, 0.2) is 30.3 Å². The quantitative estimate of drug-likeness (QED) is 0.830. The van der Waals surface area contributed by atoms with Gasteiger partial charge in [-0.2, -0.15) is 0 Å². The molecule has 0 saturated carbocycles. The van der Waals surface area contributed by atoms with Crippen LogP contribution in [0.25, 0.3) is 0 Å². The first-order valence-electron chi connectivity index (χ1n) is 8.81. The summed E-state index contributed by atoms with van der Waals surface area (Å²) in [5, 5.41) is 0.638. The second-order valence-electron chi connectivity index (χ2n) is 6.82. The van der Waals surface area contributed by atoms with Gasteiger partial charge in [0.15, 0.2) is 0 Å². The number of aryl methyl sites for hydroxylation is 1. The zero-order chi connectivity index (χ0) is 18.8. The Balaban J connectivity index is 1.59. The molecule has 0 aliphatic carbocycles. The third-order valence-electron chi connectivity index (χ3n) is 5.17. The molecule has 1 aromatic heterocycles. The van der Waals surface area contributed by atoms with E-state index in [1.165, 1.54) is 0 Å². The number of carbonyl (C=O) groups is 2. The number of hydrogen-bond donors (Lipinski definition) is 0. The second kappa shape index (κ2) is 7.54. The number of hydrogen-bond acceptors (Lipinski definition) is 2. The van der Waals surface area contributed by atoms with Crippen LogP contribution in [0.3, 0.4) is 0 Å². The Hall–Kier alpha value is -2.27. The number of halogens is 1. The molecule has 2 heterocycles. The minimum atomic E-state index is 0.0492. The SMILES string of the molecule is Cc1cc(C(=O)N2CCN(C(=O)Cc3cccc(Cl)c3)CC2)c(C)n1C. The summed E-state index contributed by atoms with van der Waals surface area (Å²) in [4.78, 5) is 29.0. The number of nitrogens with zero attached hydrogens (tertiary/aromatic N) is 3. The Morgan fingerprint density at radius 2 is 1.69 bits per heavy atom. The molecule has 26 heavy (non-hydrogen) atoms. The van der Waals surface area contributed by atoms with E-state index in [0.29, 0.717) is 37.6 Å². The van der Waals surface area contributed by atoms with Crippen molar-refractivity contribution >= 4 is 23.4 Å². The van der Waals surface area contributed by atoms with Crippen molar-refractivity contribution in [3.05, 3.63) is 57.9 Å². The van der Waals surface area contributed by atoms with Crippen LogP contribution >= 0.6 is 11.6 Å². The Morgan fingerprint density at radius 3 is 2.27 bits per heavy atom. The van der Waals surface area contributed by atoms with E-state index in [2.05, 4.69) is 0 Å². The third kappa shape index (κ3) is 3.78. The van der Waals surface area contributed by atoms with Gasteiger partial charge in [-0.1, -0.05) is 23.7 Å². The summed E-state index contributed by atoms with van der Waals surface area (Å²) < 4.78 is 2.03. The van der Waals surface area contributed by atoms with Gasteiger partial charge in [0.25, 0.3) is 5.91 Å². The predicted molar refractivity (Wildman–Crippen MR) is 103 cm³/mol. The standard InChI is InChI=1S/C20H24ClN3O2/c1-14-11-18(15(2)22(14)3)20(26)24-9-7-23(8-10-24)19(25)13-16-5-4-6-17(21)12-16/h4-6,11-12H,7-10,13H2,1-3H3. The van der Waals surface area contributed by atoms with Crippen LogP contribution in [-0.4, -0.2) is 52.4 Å². The van der Waals surface area contributed by atoms with Gasteiger partial charge in [0, 0.05) is 49.6 Å². The maximum absolute atomic E-state index is 12.8. The highest BCUT2D eigenvalue weighted by Crippen LogP contribution is 2.17. The topological polar surface area (TPSA) is 45.6 Å². The predicted octanol–water partition coefficient (Wildman–Crippen LogP) is 2.82. The Bertz CT molecular complexity index is 836. The molecular weight excluding hydrogens is 350 g/mol. The van der Waals surface area contributed by atoms with E-state index >= 15 is 0 Å². The van der Waals surface area contributed by atoms with Gasteiger partial charge < -0.3 is 14.4 Å². The molecule has 0 atom stereocenters. The highest BCUT2D eigenvalue weighted by atomic mass is 35.5. The second-order valence-corrected chi connectivity index (χ2v) is 7.26. The monoisotopic (exact) mass is 373 g/mol. The lowest BCUT2D eigenvalue weighted by atomic mass is 10.1. The number of rotatable bonds is 3. The largest absolute Gasteiger partial charge is 0.351 e. The Morgan fingerprint density at radius 1 is 1.04 bits per heavy atom. The maximum atomic E-state index is 12.8. The molecule has 5 nitrogen and oxygen atoms in total. The van der Waals surface area contributed by atoms with E-state index in [1.807, 2.05) is 59.5 Å². The molecule has 2 aromatic rings. The summed E-state index contributed by atoms with van der Waals surface area (Å²) in [5.41, 5.74) is 3.72. The Labute approximate surface area is 159 Å². The van der Waals surface area contributed by atoms with Crippen LogP contribution in [0.2, 0.25) is 5.02 Å². The molecule has 0 spiro atoms. The summed E-state index contributed by atoms with van der Waals surface area (Å²) in [6.45, 7) is 6.22. The molecule has 6 heteroatoms. The molecule has 1 aliphatic rings. The molecule has 1 saturated heterocycles. The number of piperazine rings is 1. The summed E-state index contributed by atoms with van der Waals surface area (Å²) in [5.74, 6) is 0.124. The van der Waals surface area contributed by atoms with E-state index < -0.39 is 0 Å². The van der Waals surface area contributed by atoms with Gasteiger partial charge in [0.2, 0.25) is 5.91 Å². The van der Waals surface area contributed by atoms with E-state index in [0.717, 1.165) is 22.5 Å². The number of aromatic nitrogens is 1. The fourth-order valence-electron chi connectivity index (χ4n) is 3.33. The minimum Gasteiger partial charge on any atom is -0.351 e. The fourth-order valence-corrected chi connectivity index (χ4v) is 3.55. The van der Waals surface area contributed by atoms with Crippen molar-refractivity contribution < 1.29 is 9.59 Å². The van der Waals surface area contributed by atoms with Crippen molar-refractivity contribution in [2.75, 3.05) is 26.2 Å². The molecule has 0 N–H and O–H groups in total. The molecule has 1 fully saturated rings. The van der Waals surface area contributed by atoms with Gasteiger partial charge in [0.05, 0.1) is 12.0 Å². The molecule has 1 aromatic carbocycles. The lowest BCUT2D eigenvalue weighted by molar-refractivity contribution is -0.131. The molecule has 1 aliphatic heterocycles. The third-order valence-corrected chi connectivity index (χ3v) is 5.40. The van der Waals surface area contributed by atoms with Crippen molar-refractivity contribution in [1.82, 2.24) is 14.4 Å². The zero-order valence-electron chi connectivity index (χ0n) is 15.5. The van der Waals surface area contributed by atoms with Gasteiger partial charge in [-0.25, -0.2) is 0 Å². The maximum Gasteiger partial charge on any atom is 0.255 e. The van der Waals surface area contributed by atoms with Gasteiger partial charge in [-0.3, -0.25) is 9.59 Å². The van der Waals surface area contributed by atoms with Crippen molar-refractivity contribution in [1.29, 1.82) is 0 Å². The first-order valence-corrected chi connectivity index (χ1v) is 9.19. The molecule has 2 amide bonds. The average molecular weight is 374 g/mol. The van der Waals surface area contributed by atoms with Gasteiger partial charge >= 0.3 is 0 Å². The van der Waals surface area contributed by atoms with Gasteiger partial charge in [-0.05, 0) is 37.6 Å². The number of carbonyl (C=O) groups excluding carboxylic acids is 2. The van der Waals surface area contributed by atoms with Gasteiger partial charge in [0.1, 0.15) is 0 Å². The highest BCUT2D eigenvalue weighted by Gasteiger charge is 2.26. The van der Waals surface area contributed by atoms with Crippen molar-refractivity contribution in [2.45, 2.75) is 20.3 Å². The number of benzene rings is 1. The average Bonchev–Trinajstić information content (AvgIpc) is 2.88. The summed E-state index contributed by atoms with van der Waals surface area (Å²) in [7, 11) is 1.97. The molecule has 138 valence electrons. The van der Waals surface area contributed by atoms with E-state index in [1.54, 1.807) is 6.07 Å². The van der Waals surface area contributed by atoms with Crippen LogP contribution in [-0.2, 0) is 18.3 Å². The normalized spacial score (nSPS) is 14.6. The van der Waals surface area contributed by atoms with Crippen molar-refractivity contribution in [2.24, 2.45) is 7.05 Å². The first kappa shape index (κ1) is 18.5. The smallest absolute Gasteiger partial charge is 0.255 e. The van der Waals surface area contributed by atoms with E-state index in [9.17, 15) is 9.59 Å². The molecule has 0 bridgehead atoms. The zero-order valence-corrected chi connectivity index (χ0v) is 16.2. The molecule has 0 radical (unpaired) electrons. The van der Waals surface area contributed by atoms with Crippen LogP contribution in [0.4, 0.5) is 0 Å². The van der Waals surface area contributed by atoms with Crippen molar-refractivity contribution in [3.63, 3.8) is 0 Å². The summed E-state index contributed by atoms with van der Waals surface area (Å²) in [6, 6.07) is 9.32.